The van der Waals surface area contributed by atoms with Crippen LogP contribution in [0.1, 0.15) is 27.2 Å². The van der Waals surface area contributed by atoms with Gasteiger partial charge in [0.1, 0.15) is 5.34 Å². The third-order valence-corrected chi connectivity index (χ3v) is 4.53. The van der Waals surface area contributed by atoms with Gasteiger partial charge in [-0.05, 0) is 13.3 Å². The lowest BCUT2D eigenvalue weighted by molar-refractivity contribution is 0.124. The van der Waals surface area contributed by atoms with Gasteiger partial charge in [0.2, 0.25) is 7.37 Å². The van der Waals surface area contributed by atoms with Gasteiger partial charge < -0.3 is 10.00 Å². The Bertz CT molecular complexity index is 153. The third kappa shape index (κ3) is 1.82. The summed E-state index contributed by atoms with van der Waals surface area (Å²) in [5.41, 5.74) is 0. The highest BCUT2D eigenvalue weighted by molar-refractivity contribution is 7.59. The Balaban J connectivity index is 4.45. The van der Waals surface area contributed by atoms with E-state index in [1.807, 2.05) is 0 Å². The fourth-order valence-corrected chi connectivity index (χ4v) is 1.76. The molecule has 0 bridgehead atoms. The molecule has 0 aromatic carbocycles. The van der Waals surface area contributed by atoms with Gasteiger partial charge in [-0.2, -0.15) is 0 Å². The molecule has 0 aliphatic rings. The third-order valence-electron chi connectivity index (χ3n) is 1.85. The molecule has 0 saturated heterocycles. The molecule has 4 heteroatoms. The molecule has 0 fully saturated rings. The van der Waals surface area contributed by atoms with Crippen LogP contribution in [-0.4, -0.2) is 21.5 Å². The van der Waals surface area contributed by atoms with E-state index in [1.54, 1.807) is 13.8 Å². The van der Waals surface area contributed by atoms with Crippen molar-refractivity contribution in [3.8, 4) is 0 Å². The van der Waals surface area contributed by atoms with Crippen LogP contribution < -0.4 is 0 Å². The van der Waals surface area contributed by atoms with E-state index >= 15 is 0 Å². The first-order chi connectivity index (χ1) is 4.37. The van der Waals surface area contributed by atoms with Gasteiger partial charge in [0.05, 0.1) is 0 Å². The maximum Gasteiger partial charge on any atom is 0.230 e. The van der Waals surface area contributed by atoms with Gasteiger partial charge in [0, 0.05) is 6.16 Å². The molecule has 2 N–H and O–H groups in total. The summed E-state index contributed by atoms with van der Waals surface area (Å²) in [5, 5.41) is 7.94. The summed E-state index contributed by atoms with van der Waals surface area (Å²) < 4.78 is 11.1. The largest absolute Gasteiger partial charge is 0.380 e. The molecule has 2 atom stereocenters. The lowest BCUT2D eigenvalue weighted by Gasteiger charge is -2.26. The lowest BCUT2D eigenvalue weighted by Crippen LogP contribution is -2.23. The zero-order chi connectivity index (χ0) is 8.41. The van der Waals surface area contributed by atoms with E-state index in [0.717, 1.165) is 0 Å². The molecule has 0 amide bonds. The Kier molecular flexibility index (Phi) is 3.08. The van der Waals surface area contributed by atoms with Crippen molar-refractivity contribution < 1.29 is 14.6 Å². The maximum absolute atomic E-state index is 11.1. The molecule has 10 heavy (non-hydrogen) atoms. The van der Waals surface area contributed by atoms with Crippen molar-refractivity contribution in [1.29, 1.82) is 0 Å². The smallest absolute Gasteiger partial charge is 0.230 e. The van der Waals surface area contributed by atoms with Gasteiger partial charge >= 0.3 is 0 Å². The lowest BCUT2D eigenvalue weighted by atomic mass is 10.3. The second-order valence-electron chi connectivity index (χ2n) is 2.59. The molecule has 0 aromatic heterocycles. The van der Waals surface area contributed by atoms with E-state index in [2.05, 4.69) is 0 Å². The maximum atomic E-state index is 11.1. The molecule has 0 aliphatic carbocycles. The van der Waals surface area contributed by atoms with Crippen molar-refractivity contribution in [2.45, 2.75) is 32.5 Å². The quantitative estimate of drug-likeness (QED) is 0.623. The van der Waals surface area contributed by atoms with E-state index in [-0.39, 0.29) is 6.16 Å². The Morgan fingerprint density at radius 1 is 1.50 bits per heavy atom. The molecule has 2 unspecified atom stereocenters. The summed E-state index contributed by atoms with van der Waals surface area (Å²) in [5.74, 6) is 0. The minimum absolute atomic E-state index is 0.133. The Morgan fingerprint density at radius 2 is 1.90 bits per heavy atom. The highest BCUT2D eigenvalue weighted by atomic mass is 31.2. The molecule has 62 valence electrons. The van der Waals surface area contributed by atoms with Crippen molar-refractivity contribution in [3.63, 3.8) is 0 Å². The van der Waals surface area contributed by atoms with Crippen molar-refractivity contribution >= 4 is 7.37 Å². The molecule has 0 saturated carbocycles. The predicted octanol–water partition coefficient (Wildman–Crippen LogP) is 1.40. The van der Waals surface area contributed by atoms with Crippen LogP contribution in [0.25, 0.3) is 0 Å². The van der Waals surface area contributed by atoms with Crippen LogP contribution in [0.5, 0.6) is 0 Å². The second-order valence-corrected chi connectivity index (χ2v) is 5.59. The molecule has 0 heterocycles. The van der Waals surface area contributed by atoms with Gasteiger partial charge in [-0.15, -0.1) is 0 Å². The molecular formula is C6H15O3P. The van der Waals surface area contributed by atoms with Crippen LogP contribution in [0.15, 0.2) is 0 Å². The minimum Gasteiger partial charge on any atom is -0.380 e. The molecule has 0 aromatic rings. The topological polar surface area (TPSA) is 57.5 Å². The van der Waals surface area contributed by atoms with E-state index in [4.69, 9.17) is 4.89 Å². The van der Waals surface area contributed by atoms with Crippen molar-refractivity contribution in [3.05, 3.63) is 0 Å². The van der Waals surface area contributed by atoms with Crippen molar-refractivity contribution in [2.75, 3.05) is 6.16 Å². The first kappa shape index (κ1) is 10.2. The zero-order valence-corrected chi connectivity index (χ0v) is 7.56. The first-order valence-corrected chi connectivity index (χ1v) is 5.26. The predicted molar refractivity (Wildman–Crippen MR) is 41.3 cm³/mol. The normalized spacial score (nSPS) is 23.3. The average molecular weight is 166 g/mol. The van der Waals surface area contributed by atoms with Crippen LogP contribution in [0.2, 0.25) is 0 Å². The van der Waals surface area contributed by atoms with E-state index in [1.165, 1.54) is 6.92 Å². The average Bonchev–Trinajstić information content (AvgIpc) is 1.88. The number of rotatable bonds is 3. The highest BCUT2D eigenvalue weighted by Crippen LogP contribution is 2.53. The molecular weight excluding hydrogens is 151 g/mol. The second kappa shape index (κ2) is 3.04. The molecule has 0 aliphatic heterocycles. The van der Waals surface area contributed by atoms with Crippen LogP contribution in [-0.2, 0) is 4.57 Å². The Labute approximate surface area is 61.5 Å². The van der Waals surface area contributed by atoms with Crippen LogP contribution in [0, 0.1) is 0 Å². The number of hydrogen-bond donors (Lipinski definition) is 2. The van der Waals surface area contributed by atoms with Gasteiger partial charge in [-0.1, -0.05) is 13.8 Å². The molecule has 0 rings (SSSR count). The SMILES string of the molecule is CCC(C)(O)P(=O)(O)CC. The van der Waals surface area contributed by atoms with E-state index in [0.29, 0.717) is 6.42 Å². The fraction of sp³-hybridized carbons (Fsp3) is 1.00. The summed E-state index contributed by atoms with van der Waals surface area (Å²) in [6, 6.07) is 0. The zero-order valence-electron chi connectivity index (χ0n) is 6.66. The number of hydrogen-bond acceptors (Lipinski definition) is 2. The fourth-order valence-electron chi connectivity index (χ4n) is 0.588. The van der Waals surface area contributed by atoms with Crippen LogP contribution in [0.4, 0.5) is 0 Å². The summed E-state index contributed by atoms with van der Waals surface area (Å²) in [6.07, 6.45) is 0.447. The minimum atomic E-state index is -3.32. The van der Waals surface area contributed by atoms with Gasteiger partial charge in [0.15, 0.2) is 0 Å². The molecule has 3 nitrogen and oxygen atoms in total. The van der Waals surface area contributed by atoms with Crippen molar-refractivity contribution in [1.82, 2.24) is 0 Å². The van der Waals surface area contributed by atoms with Gasteiger partial charge in [-0.25, -0.2) is 0 Å². The van der Waals surface area contributed by atoms with Crippen LogP contribution >= 0.6 is 7.37 Å². The Hall–Kier alpha value is 0.150. The van der Waals surface area contributed by atoms with E-state index in [9.17, 15) is 9.67 Å². The first-order valence-electron chi connectivity index (χ1n) is 3.41. The standard InChI is InChI=1S/C6H15O3P/c1-4-6(3,7)10(8,9)5-2/h7H,4-5H2,1-3H3,(H,8,9). The number of aliphatic hydroxyl groups is 1. The van der Waals surface area contributed by atoms with Crippen LogP contribution in [0.3, 0.4) is 0 Å². The summed E-state index contributed by atoms with van der Waals surface area (Å²) >= 11 is 0. The monoisotopic (exact) mass is 166 g/mol. The van der Waals surface area contributed by atoms with Gasteiger partial charge in [0.25, 0.3) is 0 Å². The Morgan fingerprint density at radius 3 is 2.00 bits per heavy atom. The molecule has 0 radical (unpaired) electrons. The van der Waals surface area contributed by atoms with E-state index < -0.39 is 12.7 Å². The van der Waals surface area contributed by atoms with Gasteiger partial charge in [-0.3, -0.25) is 4.57 Å². The summed E-state index contributed by atoms with van der Waals surface area (Å²) in [7, 11) is -3.32. The highest BCUT2D eigenvalue weighted by Gasteiger charge is 2.37. The van der Waals surface area contributed by atoms with Crippen molar-refractivity contribution in [2.24, 2.45) is 0 Å². The summed E-state index contributed by atoms with van der Waals surface area (Å²) in [4.78, 5) is 9.16. The summed E-state index contributed by atoms with van der Waals surface area (Å²) in [6.45, 7) is 4.70. The molecule has 0 spiro atoms.